The molecule has 0 saturated heterocycles. The van der Waals surface area contributed by atoms with Crippen LogP contribution in [0.25, 0.3) is 0 Å². The smallest absolute Gasteiger partial charge is 0.243 e. The van der Waals surface area contributed by atoms with Crippen LogP contribution < -0.4 is 14.4 Å². The lowest BCUT2D eigenvalue weighted by atomic mass is 10.0. The van der Waals surface area contributed by atoms with E-state index >= 15 is 0 Å². The van der Waals surface area contributed by atoms with Crippen molar-refractivity contribution in [1.82, 2.24) is 10.2 Å². The quantitative estimate of drug-likeness (QED) is 0.249. The van der Waals surface area contributed by atoms with Crippen LogP contribution in [0.3, 0.4) is 0 Å². The third-order valence-electron chi connectivity index (χ3n) is 6.88. The van der Waals surface area contributed by atoms with E-state index in [1.54, 1.807) is 29.2 Å². The van der Waals surface area contributed by atoms with Crippen LogP contribution in [0.1, 0.15) is 49.8 Å². The summed E-state index contributed by atoms with van der Waals surface area (Å²) in [4.78, 5) is 29.0. The topological polar surface area (TPSA) is 96.0 Å². The molecule has 3 rings (SSSR count). The van der Waals surface area contributed by atoms with Gasteiger partial charge in [0.15, 0.2) is 0 Å². The predicted octanol–water partition coefficient (Wildman–Crippen LogP) is 5.11. The van der Waals surface area contributed by atoms with Gasteiger partial charge in [-0.25, -0.2) is 8.42 Å². The van der Waals surface area contributed by atoms with Gasteiger partial charge in [0.05, 0.1) is 18.6 Å². The predicted molar refractivity (Wildman–Crippen MR) is 168 cm³/mol. The highest BCUT2D eigenvalue weighted by atomic mass is 32.2. The number of ether oxygens (including phenoxy) is 1. The monoisotopic (exact) mass is 593 g/mol. The van der Waals surface area contributed by atoms with Gasteiger partial charge in [-0.05, 0) is 49.9 Å². The molecule has 3 aromatic rings. The first-order valence-corrected chi connectivity index (χ1v) is 16.3. The number of benzene rings is 3. The van der Waals surface area contributed by atoms with E-state index in [0.29, 0.717) is 31.0 Å². The third kappa shape index (κ3) is 9.62. The number of para-hydroxylation sites is 2. The highest BCUT2D eigenvalue weighted by Crippen LogP contribution is 2.30. The van der Waals surface area contributed by atoms with Gasteiger partial charge in [0, 0.05) is 32.5 Å². The zero-order chi connectivity index (χ0) is 30.5. The Bertz CT molecular complexity index is 1390. The zero-order valence-corrected chi connectivity index (χ0v) is 25.9. The van der Waals surface area contributed by atoms with Crippen molar-refractivity contribution in [3.05, 3.63) is 95.6 Å². The lowest BCUT2D eigenvalue weighted by Gasteiger charge is -2.32. The Hall–Kier alpha value is -3.85. The van der Waals surface area contributed by atoms with E-state index in [0.717, 1.165) is 29.4 Å². The molecule has 2 amide bonds. The molecule has 1 atom stereocenters. The maximum atomic E-state index is 13.9. The Balaban J connectivity index is 1.88. The summed E-state index contributed by atoms with van der Waals surface area (Å²) in [7, 11) is -3.65. The van der Waals surface area contributed by atoms with Crippen molar-refractivity contribution in [2.24, 2.45) is 0 Å². The van der Waals surface area contributed by atoms with Crippen LogP contribution in [0.2, 0.25) is 0 Å². The molecule has 0 fully saturated rings. The summed E-state index contributed by atoms with van der Waals surface area (Å²) in [5, 5.41) is 2.98. The van der Waals surface area contributed by atoms with Gasteiger partial charge in [0.2, 0.25) is 21.8 Å². The summed E-state index contributed by atoms with van der Waals surface area (Å²) in [6.07, 6.45) is 2.63. The maximum absolute atomic E-state index is 13.9. The molecule has 0 aliphatic carbocycles. The minimum absolute atomic E-state index is 0.0705. The SMILES string of the molecule is CCCNC(=O)C(Cc1ccccc1)N(Cc1ccc(C)cc1)C(=O)CCCN(c1ccccc1OCC)S(C)(=O)=O. The third-order valence-corrected chi connectivity index (χ3v) is 8.06. The molecule has 0 bridgehead atoms. The Labute approximate surface area is 250 Å². The number of nitrogens with one attached hydrogen (secondary N) is 1. The van der Waals surface area contributed by atoms with Crippen molar-refractivity contribution in [3.63, 3.8) is 0 Å². The number of hydrogen-bond donors (Lipinski definition) is 1. The molecule has 42 heavy (non-hydrogen) atoms. The van der Waals surface area contributed by atoms with Crippen molar-refractivity contribution in [2.75, 3.05) is 30.3 Å². The minimum atomic E-state index is -3.65. The highest BCUT2D eigenvalue weighted by molar-refractivity contribution is 7.92. The van der Waals surface area contributed by atoms with Crippen LogP contribution in [0, 0.1) is 6.92 Å². The minimum Gasteiger partial charge on any atom is -0.492 e. The Morgan fingerprint density at radius 2 is 1.57 bits per heavy atom. The number of amides is 2. The molecule has 0 radical (unpaired) electrons. The fourth-order valence-corrected chi connectivity index (χ4v) is 5.70. The van der Waals surface area contributed by atoms with E-state index in [4.69, 9.17) is 4.74 Å². The lowest BCUT2D eigenvalue weighted by Crippen LogP contribution is -2.50. The molecule has 226 valence electrons. The van der Waals surface area contributed by atoms with E-state index in [9.17, 15) is 18.0 Å². The first-order chi connectivity index (χ1) is 20.1. The number of rotatable bonds is 16. The summed E-state index contributed by atoms with van der Waals surface area (Å²) < 4.78 is 32.5. The Kier molecular flexibility index (Phi) is 12.4. The van der Waals surface area contributed by atoms with E-state index in [1.807, 2.05) is 75.4 Å². The summed E-state index contributed by atoms with van der Waals surface area (Å²) >= 11 is 0. The molecule has 0 aromatic heterocycles. The van der Waals surface area contributed by atoms with Gasteiger partial charge in [-0.2, -0.15) is 0 Å². The second-order valence-electron chi connectivity index (χ2n) is 10.3. The van der Waals surface area contributed by atoms with Crippen molar-refractivity contribution in [3.8, 4) is 5.75 Å². The number of sulfonamides is 1. The lowest BCUT2D eigenvalue weighted by molar-refractivity contribution is -0.141. The molecule has 9 heteroatoms. The fourth-order valence-electron chi connectivity index (χ4n) is 4.73. The number of carbonyl (C=O) groups excluding carboxylic acids is 2. The molecule has 0 spiro atoms. The van der Waals surface area contributed by atoms with Gasteiger partial charge in [-0.1, -0.05) is 79.2 Å². The molecule has 0 saturated carbocycles. The van der Waals surface area contributed by atoms with Gasteiger partial charge in [-0.3, -0.25) is 13.9 Å². The summed E-state index contributed by atoms with van der Waals surface area (Å²) in [5.74, 6) is 0.0486. The average molecular weight is 594 g/mol. The number of carbonyl (C=O) groups is 2. The Morgan fingerprint density at radius 1 is 0.905 bits per heavy atom. The van der Waals surface area contributed by atoms with E-state index in [1.165, 1.54) is 4.31 Å². The Morgan fingerprint density at radius 3 is 2.21 bits per heavy atom. The van der Waals surface area contributed by atoms with E-state index < -0.39 is 16.1 Å². The van der Waals surface area contributed by atoms with Gasteiger partial charge in [0.1, 0.15) is 11.8 Å². The van der Waals surface area contributed by atoms with Crippen LogP contribution in [-0.4, -0.2) is 57.1 Å². The second kappa shape index (κ2) is 16.0. The van der Waals surface area contributed by atoms with E-state index in [2.05, 4.69) is 5.32 Å². The summed E-state index contributed by atoms with van der Waals surface area (Å²) in [6, 6.07) is 23.8. The average Bonchev–Trinajstić information content (AvgIpc) is 2.97. The zero-order valence-electron chi connectivity index (χ0n) is 25.1. The molecule has 0 aliphatic rings. The van der Waals surface area contributed by atoms with Crippen LogP contribution in [0.4, 0.5) is 5.69 Å². The molecule has 0 aliphatic heterocycles. The number of aryl methyl sites for hydroxylation is 1. The van der Waals surface area contributed by atoms with Crippen molar-refractivity contribution in [1.29, 1.82) is 0 Å². The molecule has 0 heterocycles. The number of nitrogens with zero attached hydrogens (tertiary/aromatic N) is 2. The summed E-state index contributed by atoms with van der Waals surface area (Å²) in [5.41, 5.74) is 3.41. The molecular formula is C33H43N3O5S. The van der Waals surface area contributed by atoms with Gasteiger partial charge in [-0.15, -0.1) is 0 Å². The maximum Gasteiger partial charge on any atom is 0.243 e. The van der Waals surface area contributed by atoms with Crippen molar-refractivity contribution < 1.29 is 22.7 Å². The number of anilines is 1. The molecule has 1 N–H and O–H groups in total. The molecule has 8 nitrogen and oxygen atoms in total. The van der Waals surface area contributed by atoms with Crippen LogP contribution in [0.5, 0.6) is 5.75 Å². The normalized spacial score (nSPS) is 11.9. The van der Waals surface area contributed by atoms with Gasteiger partial charge < -0.3 is 15.0 Å². The molecular weight excluding hydrogens is 550 g/mol. The van der Waals surface area contributed by atoms with E-state index in [-0.39, 0.29) is 37.7 Å². The first kappa shape index (κ1) is 32.7. The fraction of sp³-hybridized carbons (Fsp3) is 0.394. The number of hydrogen-bond acceptors (Lipinski definition) is 5. The van der Waals surface area contributed by atoms with Crippen LogP contribution in [0.15, 0.2) is 78.9 Å². The summed E-state index contributed by atoms with van der Waals surface area (Å²) in [6.45, 7) is 7.09. The van der Waals surface area contributed by atoms with Crippen LogP contribution in [-0.2, 0) is 32.6 Å². The van der Waals surface area contributed by atoms with Crippen LogP contribution >= 0.6 is 0 Å². The van der Waals surface area contributed by atoms with Crippen molar-refractivity contribution >= 4 is 27.5 Å². The van der Waals surface area contributed by atoms with Crippen molar-refractivity contribution in [2.45, 2.75) is 59.0 Å². The molecule has 1 unspecified atom stereocenters. The standard InChI is InChI=1S/C33H43N3O5S/c1-5-22-34-33(38)30(24-27-13-8-7-9-14-27)35(25-28-20-18-26(3)19-21-28)32(37)17-12-23-36(42(4,39)40)29-15-10-11-16-31(29)41-6-2/h7-11,13-16,18-21,30H,5-6,12,17,22-25H2,1-4H3,(H,34,38). The van der Waals surface area contributed by atoms with Gasteiger partial charge in [0.25, 0.3) is 0 Å². The first-order valence-electron chi connectivity index (χ1n) is 14.5. The van der Waals surface area contributed by atoms with Gasteiger partial charge >= 0.3 is 0 Å². The second-order valence-corrected chi connectivity index (χ2v) is 12.3. The molecule has 3 aromatic carbocycles. The highest BCUT2D eigenvalue weighted by Gasteiger charge is 2.30. The largest absolute Gasteiger partial charge is 0.492 e.